The van der Waals surface area contributed by atoms with Gasteiger partial charge in [0.15, 0.2) is 5.41 Å². The van der Waals surface area contributed by atoms with E-state index >= 15 is 0 Å². The lowest BCUT2D eigenvalue weighted by molar-refractivity contribution is -0.122. The van der Waals surface area contributed by atoms with Gasteiger partial charge in [0.25, 0.3) is 0 Å². The number of halogens is 1. The third-order valence-corrected chi connectivity index (χ3v) is 6.28. The molecule has 140 valence electrons. The van der Waals surface area contributed by atoms with Gasteiger partial charge in [-0.2, -0.15) is 0 Å². The first-order valence-corrected chi connectivity index (χ1v) is 9.85. The smallest absolute Gasteiger partial charge is 0.247 e. The Bertz CT molecular complexity index is 928. The summed E-state index contributed by atoms with van der Waals surface area (Å²) < 4.78 is 17.9. The van der Waals surface area contributed by atoms with E-state index in [4.69, 9.17) is 14.2 Å². The van der Waals surface area contributed by atoms with Gasteiger partial charge in [0, 0.05) is 28.4 Å². The van der Waals surface area contributed by atoms with Crippen molar-refractivity contribution >= 4 is 27.5 Å². The minimum absolute atomic E-state index is 0.0144. The lowest BCUT2D eigenvalue weighted by Gasteiger charge is -2.24. The molecule has 0 bridgehead atoms. The largest absolute Gasteiger partial charge is 0.490 e. The summed E-state index contributed by atoms with van der Waals surface area (Å²) in [7, 11) is 1.57. The van der Waals surface area contributed by atoms with Crippen molar-refractivity contribution in [3.05, 3.63) is 46.1 Å². The number of carbonyl (C=O) groups excluding carboxylic acids is 1. The van der Waals surface area contributed by atoms with E-state index in [2.05, 4.69) is 20.9 Å². The number of rotatable bonds is 3. The number of carbonyl (C=O) groups is 1. The van der Waals surface area contributed by atoms with Crippen LogP contribution in [0.2, 0.25) is 0 Å². The van der Waals surface area contributed by atoms with Crippen molar-refractivity contribution in [2.45, 2.75) is 24.4 Å². The highest BCUT2D eigenvalue weighted by Gasteiger charge is 2.59. The number of ether oxygens (including phenoxy) is 3. The fourth-order valence-electron chi connectivity index (χ4n) is 4.35. The lowest BCUT2D eigenvalue weighted by atomic mass is 9.80. The minimum atomic E-state index is -0.960. The minimum Gasteiger partial charge on any atom is -0.490 e. The zero-order valence-electron chi connectivity index (χ0n) is 14.9. The number of amides is 1. The fraction of sp³-hybridized carbons (Fsp3) is 0.400. The summed E-state index contributed by atoms with van der Waals surface area (Å²) in [5.74, 6) is 1.09. The summed E-state index contributed by atoms with van der Waals surface area (Å²) in [6.07, 6.45) is 2.07. The summed E-state index contributed by atoms with van der Waals surface area (Å²) in [5, 5.41) is 0. The third kappa shape index (κ3) is 2.34. The molecule has 0 N–H and O–H groups in total. The van der Waals surface area contributed by atoms with Crippen molar-refractivity contribution in [2.24, 2.45) is 0 Å². The van der Waals surface area contributed by atoms with Crippen molar-refractivity contribution in [3.8, 4) is 11.6 Å². The Morgan fingerprint density at radius 3 is 3.04 bits per heavy atom. The highest BCUT2D eigenvalue weighted by atomic mass is 79.9. The predicted molar refractivity (Wildman–Crippen MR) is 103 cm³/mol. The topological polar surface area (TPSA) is 60.9 Å². The first-order chi connectivity index (χ1) is 13.1. The molecule has 3 aliphatic rings. The van der Waals surface area contributed by atoms with Gasteiger partial charge in [-0.25, -0.2) is 4.98 Å². The molecule has 1 saturated heterocycles. The molecule has 1 unspecified atom stereocenters. The van der Waals surface area contributed by atoms with Gasteiger partial charge >= 0.3 is 0 Å². The van der Waals surface area contributed by atoms with Crippen LogP contribution in [0.25, 0.3) is 0 Å². The van der Waals surface area contributed by atoms with Crippen LogP contribution in [0.1, 0.15) is 24.1 Å². The number of aromatic nitrogens is 1. The number of anilines is 1. The molecular weight excluding hydrogens is 412 g/mol. The van der Waals surface area contributed by atoms with Crippen LogP contribution >= 0.6 is 15.9 Å². The van der Waals surface area contributed by atoms with Gasteiger partial charge in [0.2, 0.25) is 11.8 Å². The predicted octanol–water partition coefficient (Wildman–Crippen LogP) is 3.06. The molecule has 2 atom stereocenters. The van der Waals surface area contributed by atoms with Crippen LogP contribution in [0.3, 0.4) is 0 Å². The molecule has 1 fully saturated rings. The van der Waals surface area contributed by atoms with E-state index in [1.807, 2.05) is 29.2 Å². The van der Waals surface area contributed by atoms with Gasteiger partial charge in [-0.05, 0) is 31.0 Å². The Morgan fingerprint density at radius 2 is 2.26 bits per heavy atom. The zero-order chi connectivity index (χ0) is 18.6. The molecule has 3 aliphatic heterocycles. The lowest BCUT2D eigenvalue weighted by Crippen LogP contribution is -2.45. The van der Waals surface area contributed by atoms with E-state index in [0.29, 0.717) is 23.9 Å². The molecule has 0 aliphatic carbocycles. The third-order valence-electron chi connectivity index (χ3n) is 5.62. The maximum atomic E-state index is 13.8. The molecule has 1 aromatic heterocycles. The van der Waals surface area contributed by atoms with Gasteiger partial charge in [-0.1, -0.05) is 22.0 Å². The number of benzene rings is 1. The van der Waals surface area contributed by atoms with Crippen molar-refractivity contribution in [2.75, 3.05) is 31.8 Å². The van der Waals surface area contributed by atoms with Crippen LogP contribution in [0.15, 0.2) is 34.8 Å². The Kier molecular flexibility index (Phi) is 3.91. The van der Waals surface area contributed by atoms with E-state index in [0.717, 1.165) is 35.2 Å². The molecule has 1 amide bonds. The van der Waals surface area contributed by atoms with Crippen LogP contribution < -0.4 is 14.4 Å². The van der Waals surface area contributed by atoms with Crippen LogP contribution in [0.5, 0.6) is 11.6 Å². The van der Waals surface area contributed by atoms with Crippen molar-refractivity contribution in [1.82, 2.24) is 4.98 Å². The first kappa shape index (κ1) is 17.0. The van der Waals surface area contributed by atoms with E-state index in [9.17, 15) is 4.79 Å². The Hall–Kier alpha value is -2.12. The number of hydrogen-bond acceptors (Lipinski definition) is 5. The number of nitrogens with zero attached hydrogens (tertiary/aromatic N) is 2. The number of pyridine rings is 1. The summed E-state index contributed by atoms with van der Waals surface area (Å²) in [6, 6.07) is 9.47. The molecule has 4 heterocycles. The van der Waals surface area contributed by atoms with Crippen LogP contribution in [-0.2, 0) is 14.9 Å². The normalized spacial score (nSPS) is 25.6. The summed E-state index contributed by atoms with van der Waals surface area (Å²) in [4.78, 5) is 20.2. The second kappa shape index (κ2) is 6.21. The van der Waals surface area contributed by atoms with Gasteiger partial charge in [0.1, 0.15) is 18.1 Å². The second-order valence-electron chi connectivity index (χ2n) is 7.08. The van der Waals surface area contributed by atoms with Crippen LogP contribution in [0.4, 0.5) is 5.69 Å². The molecule has 5 rings (SSSR count). The SMILES string of the molecule is COc1ccc2c(n1)C1(CO2)C(=O)N(C[C@H]2CCCO2)c2cccc(Br)c21. The summed E-state index contributed by atoms with van der Waals surface area (Å²) in [6.45, 7) is 1.54. The average Bonchev–Trinajstić information content (AvgIpc) is 3.38. The molecule has 0 saturated carbocycles. The zero-order valence-corrected chi connectivity index (χ0v) is 16.5. The molecule has 1 spiro atoms. The molecule has 1 aromatic carbocycles. The van der Waals surface area contributed by atoms with Gasteiger partial charge in [-0.3, -0.25) is 4.79 Å². The first-order valence-electron chi connectivity index (χ1n) is 9.06. The van der Waals surface area contributed by atoms with Crippen molar-refractivity contribution in [3.63, 3.8) is 0 Å². The van der Waals surface area contributed by atoms with E-state index in [-0.39, 0.29) is 18.6 Å². The standard InChI is InChI=1S/C20H19BrN2O4/c1-25-16-8-7-15-18(22-16)20(11-27-15)17-13(21)5-2-6-14(17)23(19(20)24)10-12-4-3-9-26-12/h2,5-8,12H,3-4,9-11H2,1H3/t12-,20?/m1/s1. The van der Waals surface area contributed by atoms with E-state index in [1.165, 1.54) is 0 Å². The van der Waals surface area contributed by atoms with Gasteiger partial charge in [0.05, 0.1) is 19.8 Å². The monoisotopic (exact) mass is 430 g/mol. The quantitative estimate of drug-likeness (QED) is 0.748. The molecule has 6 nitrogen and oxygen atoms in total. The fourth-order valence-corrected chi connectivity index (χ4v) is 5.05. The summed E-state index contributed by atoms with van der Waals surface area (Å²) in [5.41, 5.74) is 1.46. The van der Waals surface area contributed by atoms with E-state index < -0.39 is 5.41 Å². The molecule has 0 radical (unpaired) electrons. The van der Waals surface area contributed by atoms with Crippen LogP contribution in [-0.4, -0.2) is 43.9 Å². The number of fused-ring (bicyclic) bond motifs is 4. The number of methoxy groups -OCH3 is 1. The van der Waals surface area contributed by atoms with Crippen LogP contribution in [0, 0.1) is 0 Å². The Morgan fingerprint density at radius 1 is 1.37 bits per heavy atom. The highest BCUT2D eigenvalue weighted by Crippen LogP contribution is 2.54. The molecule has 2 aromatic rings. The highest BCUT2D eigenvalue weighted by molar-refractivity contribution is 9.10. The molecular formula is C20H19BrN2O4. The van der Waals surface area contributed by atoms with E-state index in [1.54, 1.807) is 13.2 Å². The van der Waals surface area contributed by atoms with Gasteiger partial charge < -0.3 is 19.1 Å². The Labute approximate surface area is 165 Å². The van der Waals surface area contributed by atoms with Crippen molar-refractivity contribution < 1.29 is 19.0 Å². The average molecular weight is 431 g/mol. The molecule has 7 heteroatoms. The van der Waals surface area contributed by atoms with Gasteiger partial charge in [-0.15, -0.1) is 0 Å². The maximum Gasteiger partial charge on any atom is 0.247 e. The molecule has 27 heavy (non-hydrogen) atoms. The Balaban J connectivity index is 1.68. The number of hydrogen-bond donors (Lipinski definition) is 0. The maximum absolute atomic E-state index is 13.8. The summed E-state index contributed by atoms with van der Waals surface area (Å²) >= 11 is 3.66. The second-order valence-corrected chi connectivity index (χ2v) is 7.93. The van der Waals surface area contributed by atoms with Crippen molar-refractivity contribution in [1.29, 1.82) is 0 Å².